The standard InChI is InChI=1S/C24H20ClN3O5S3/c1-3-13-28-21-12-11-20(35(2,30)31)15-22(21)34-24(28)26-23(29)16-5-4-6-18(14-16)27-36(32,33)19-9-7-17(25)8-10-19/h3-12,14-15,27H,1,13H2,2H3. The first-order valence-corrected chi connectivity index (χ1v) is 15.0. The monoisotopic (exact) mass is 561 g/mol. The number of rotatable bonds is 7. The quantitative estimate of drug-likeness (QED) is 0.334. The van der Waals surface area contributed by atoms with E-state index in [9.17, 15) is 21.6 Å². The Morgan fingerprint density at radius 2 is 1.75 bits per heavy atom. The van der Waals surface area contributed by atoms with Crippen LogP contribution in [0, 0.1) is 0 Å². The van der Waals surface area contributed by atoms with E-state index in [1.807, 2.05) is 0 Å². The number of aromatic nitrogens is 1. The summed E-state index contributed by atoms with van der Waals surface area (Å²) in [5.74, 6) is -0.588. The van der Waals surface area contributed by atoms with Crippen molar-refractivity contribution < 1.29 is 21.6 Å². The zero-order chi connectivity index (χ0) is 26.1. The van der Waals surface area contributed by atoms with E-state index in [-0.39, 0.29) is 21.0 Å². The molecule has 1 N–H and O–H groups in total. The minimum atomic E-state index is -3.89. The van der Waals surface area contributed by atoms with Gasteiger partial charge in [0, 0.05) is 29.1 Å². The highest BCUT2D eigenvalue weighted by Gasteiger charge is 2.16. The van der Waals surface area contributed by atoms with Crippen molar-refractivity contribution in [3.8, 4) is 0 Å². The van der Waals surface area contributed by atoms with Gasteiger partial charge in [-0.3, -0.25) is 9.52 Å². The molecule has 0 atom stereocenters. The Morgan fingerprint density at radius 3 is 2.42 bits per heavy atom. The van der Waals surface area contributed by atoms with Gasteiger partial charge < -0.3 is 4.57 Å². The zero-order valence-corrected chi connectivity index (χ0v) is 22.1. The fourth-order valence-corrected chi connectivity index (χ4v) is 6.34. The average molecular weight is 562 g/mol. The molecule has 12 heteroatoms. The van der Waals surface area contributed by atoms with Crippen molar-refractivity contribution in [2.45, 2.75) is 16.3 Å². The van der Waals surface area contributed by atoms with E-state index in [2.05, 4.69) is 16.3 Å². The van der Waals surface area contributed by atoms with E-state index in [0.717, 1.165) is 6.26 Å². The molecule has 4 rings (SSSR count). The maximum Gasteiger partial charge on any atom is 0.279 e. The van der Waals surface area contributed by atoms with Crippen molar-refractivity contribution in [3.05, 3.63) is 94.8 Å². The second kappa shape index (κ2) is 10.0. The van der Waals surface area contributed by atoms with Gasteiger partial charge in [-0.05, 0) is 60.7 Å². The highest BCUT2D eigenvalue weighted by Crippen LogP contribution is 2.23. The fraction of sp³-hybridized carbons (Fsp3) is 0.0833. The first kappa shape index (κ1) is 25.8. The lowest BCUT2D eigenvalue weighted by Gasteiger charge is -2.09. The summed E-state index contributed by atoms with van der Waals surface area (Å²) in [6.45, 7) is 4.09. The van der Waals surface area contributed by atoms with Crippen LogP contribution in [0.1, 0.15) is 10.4 Å². The van der Waals surface area contributed by atoms with E-state index in [0.29, 0.717) is 26.6 Å². The maximum atomic E-state index is 13.0. The number of sulfone groups is 1. The van der Waals surface area contributed by atoms with Gasteiger partial charge in [-0.15, -0.1) is 6.58 Å². The molecule has 1 aromatic heterocycles. The summed E-state index contributed by atoms with van der Waals surface area (Å²) >= 11 is 7.00. The molecule has 3 aromatic carbocycles. The predicted octanol–water partition coefficient (Wildman–Crippen LogP) is 4.49. The van der Waals surface area contributed by atoms with Crippen molar-refractivity contribution in [2.24, 2.45) is 4.99 Å². The fourth-order valence-electron chi connectivity index (χ4n) is 3.37. The molecule has 0 fully saturated rings. The topological polar surface area (TPSA) is 115 Å². The van der Waals surface area contributed by atoms with Gasteiger partial charge in [-0.2, -0.15) is 4.99 Å². The van der Waals surface area contributed by atoms with Crippen LogP contribution in [0.4, 0.5) is 5.69 Å². The number of thiazole rings is 1. The minimum Gasteiger partial charge on any atom is -0.312 e. The summed E-state index contributed by atoms with van der Waals surface area (Å²) in [5.41, 5.74) is 1.08. The van der Waals surface area contributed by atoms with Gasteiger partial charge in [0.1, 0.15) is 0 Å². The van der Waals surface area contributed by atoms with Crippen molar-refractivity contribution >= 4 is 64.6 Å². The summed E-state index contributed by atoms with van der Waals surface area (Å²) in [6.07, 6.45) is 2.77. The molecule has 8 nitrogen and oxygen atoms in total. The molecule has 0 aliphatic heterocycles. The molecule has 1 amide bonds. The summed E-state index contributed by atoms with van der Waals surface area (Å²) in [7, 11) is -7.29. The smallest absolute Gasteiger partial charge is 0.279 e. The molecule has 0 saturated heterocycles. The molecule has 0 aliphatic carbocycles. The van der Waals surface area contributed by atoms with Crippen LogP contribution in [0.15, 0.2) is 94.2 Å². The number of nitrogens with one attached hydrogen (secondary N) is 1. The van der Waals surface area contributed by atoms with Gasteiger partial charge in [0.2, 0.25) is 0 Å². The molecule has 0 bridgehead atoms. The Hall–Kier alpha value is -3.25. The van der Waals surface area contributed by atoms with Crippen LogP contribution in [-0.4, -0.2) is 33.6 Å². The first-order valence-electron chi connectivity index (χ1n) is 10.4. The van der Waals surface area contributed by atoms with Crippen LogP contribution >= 0.6 is 22.9 Å². The molecule has 0 spiro atoms. The van der Waals surface area contributed by atoms with Gasteiger partial charge in [0.25, 0.3) is 15.9 Å². The summed E-state index contributed by atoms with van der Waals surface area (Å²) in [4.78, 5) is 17.8. The van der Waals surface area contributed by atoms with E-state index >= 15 is 0 Å². The SMILES string of the molecule is C=CCn1c(=NC(=O)c2cccc(NS(=O)(=O)c3ccc(Cl)cc3)c2)sc2cc(S(C)(=O)=O)ccc21. The largest absolute Gasteiger partial charge is 0.312 e. The number of allylic oxidation sites excluding steroid dienone is 1. The Bertz CT molecular complexity index is 1770. The lowest BCUT2D eigenvalue weighted by atomic mass is 10.2. The number of halogens is 1. The number of carbonyl (C=O) groups is 1. The molecule has 4 aromatic rings. The minimum absolute atomic E-state index is 0.0255. The summed E-state index contributed by atoms with van der Waals surface area (Å²) in [6, 6.07) is 16.4. The highest BCUT2D eigenvalue weighted by molar-refractivity contribution is 7.92. The molecule has 0 unspecified atom stereocenters. The van der Waals surface area contributed by atoms with E-state index in [1.165, 1.54) is 59.9 Å². The molecular weight excluding hydrogens is 542 g/mol. The third-order valence-electron chi connectivity index (χ3n) is 5.08. The number of anilines is 1. The number of benzene rings is 3. The lowest BCUT2D eigenvalue weighted by molar-refractivity contribution is 0.0998. The maximum absolute atomic E-state index is 13.0. The number of sulfonamides is 1. The molecule has 0 radical (unpaired) electrons. The number of hydrogen-bond acceptors (Lipinski definition) is 6. The third-order valence-corrected chi connectivity index (χ3v) is 8.88. The normalized spacial score (nSPS) is 12.6. The molecule has 1 heterocycles. The predicted molar refractivity (Wildman–Crippen MR) is 142 cm³/mol. The van der Waals surface area contributed by atoms with E-state index in [4.69, 9.17) is 11.6 Å². The average Bonchev–Trinajstić information content (AvgIpc) is 3.15. The summed E-state index contributed by atoms with van der Waals surface area (Å²) < 4.78 is 54.1. The van der Waals surface area contributed by atoms with Crippen molar-refractivity contribution in [3.63, 3.8) is 0 Å². The van der Waals surface area contributed by atoms with E-state index in [1.54, 1.807) is 28.8 Å². The van der Waals surface area contributed by atoms with Crippen LogP contribution in [-0.2, 0) is 26.4 Å². The van der Waals surface area contributed by atoms with Crippen molar-refractivity contribution in [1.29, 1.82) is 0 Å². The van der Waals surface area contributed by atoms with E-state index < -0.39 is 25.8 Å². The van der Waals surface area contributed by atoms with Gasteiger partial charge in [-0.25, -0.2) is 16.8 Å². The third kappa shape index (κ3) is 5.59. The van der Waals surface area contributed by atoms with Gasteiger partial charge in [0.15, 0.2) is 14.6 Å². The van der Waals surface area contributed by atoms with Crippen LogP contribution in [0.3, 0.4) is 0 Å². The number of amides is 1. The second-order valence-electron chi connectivity index (χ2n) is 7.74. The Balaban J connectivity index is 1.70. The van der Waals surface area contributed by atoms with Gasteiger partial charge in [-0.1, -0.05) is 35.1 Å². The summed E-state index contributed by atoms with van der Waals surface area (Å²) in [5, 5.41) is 0.408. The first-order chi connectivity index (χ1) is 17.0. The molecule has 186 valence electrons. The lowest BCUT2D eigenvalue weighted by Crippen LogP contribution is -2.16. The number of nitrogens with zero attached hydrogens (tertiary/aromatic N) is 2. The van der Waals surface area contributed by atoms with Gasteiger partial charge >= 0.3 is 0 Å². The van der Waals surface area contributed by atoms with Crippen molar-refractivity contribution in [2.75, 3.05) is 11.0 Å². The molecular formula is C24H20ClN3O5S3. The number of hydrogen-bond donors (Lipinski definition) is 1. The Morgan fingerprint density at radius 1 is 1.06 bits per heavy atom. The van der Waals surface area contributed by atoms with Crippen LogP contribution in [0.2, 0.25) is 5.02 Å². The van der Waals surface area contributed by atoms with Crippen LogP contribution in [0.25, 0.3) is 10.2 Å². The Labute approximate surface area is 217 Å². The van der Waals surface area contributed by atoms with Crippen LogP contribution < -0.4 is 9.52 Å². The Kier molecular flexibility index (Phi) is 7.19. The number of carbonyl (C=O) groups excluding carboxylic acids is 1. The zero-order valence-electron chi connectivity index (χ0n) is 18.9. The highest BCUT2D eigenvalue weighted by atomic mass is 35.5. The van der Waals surface area contributed by atoms with Crippen molar-refractivity contribution in [1.82, 2.24) is 4.57 Å². The van der Waals surface area contributed by atoms with Crippen LogP contribution in [0.5, 0.6) is 0 Å². The second-order valence-corrected chi connectivity index (χ2v) is 12.9. The molecule has 36 heavy (non-hydrogen) atoms. The molecule has 0 aliphatic rings. The molecule has 0 saturated carbocycles. The number of fused-ring (bicyclic) bond motifs is 1. The van der Waals surface area contributed by atoms with Gasteiger partial charge in [0.05, 0.1) is 20.0 Å².